The second-order valence-electron chi connectivity index (χ2n) is 8.55. The Morgan fingerprint density at radius 1 is 1.15 bits per heavy atom. The lowest BCUT2D eigenvalue weighted by Crippen LogP contribution is -2.46. The number of ether oxygens (including phenoxy) is 1. The predicted molar refractivity (Wildman–Crippen MR) is 108 cm³/mol. The average Bonchev–Trinajstić information content (AvgIpc) is 3.47. The van der Waals surface area contributed by atoms with Crippen LogP contribution in [0.1, 0.15) is 69.2 Å². The monoisotopic (exact) mass is 376 g/mol. The molecule has 2 aliphatic carbocycles. The van der Waals surface area contributed by atoms with E-state index >= 15 is 0 Å². The van der Waals surface area contributed by atoms with Crippen LogP contribution in [0.3, 0.4) is 0 Å². The Bertz CT molecular complexity index is 677. The van der Waals surface area contributed by atoms with Crippen LogP contribution < -0.4 is 10.3 Å². The minimum Gasteiger partial charge on any atom is -0.376 e. The largest absolute Gasteiger partial charge is 0.376 e. The Kier molecular flexibility index (Phi) is 5.77. The van der Waals surface area contributed by atoms with Crippen molar-refractivity contribution >= 4 is 11.9 Å². The second kappa shape index (κ2) is 8.07. The van der Waals surface area contributed by atoms with Crippen LogP contribution >= 0.6 is 11.9 Å². The van der Waals surface area contributed by atoms with Crippen molar-refractivity contribution in [2.75, 3.05) is 6.61 Å². The first-order chi connectivity index (χ1) is 12.6. The van der Waals surface area contributed by atoms with Gasteiger partial charge in [0.2, 0.25) is 0 Å². The first-order valence-corrected chi connectivity index (χ1v) is 11.2. The maximum Gasteiger partial charge on any atom is 0.254 e. The highest BCUT2D eigenvalue weighted by Gasteiger charge is 2.33. The van der Waals surface area contributed by atoms with E-state index in [2.05, 4.69) is 17.7 Å². The van der Waals surface area contributed by atoms with Gasteiger partial charge >= 0.3 is 0 Å². The molecule has 1 aromatic rings. The fourth-order valence-electron chi connectivity index (χ4n) is 4.26. The van der Waals surface area contributed by atoms with E-state index in [0.29, 0.717) is 18.8 Å². The molecule has 0 amide bonds. The van der Waals surface area contributed by atoms with Crippen molar-refractivity contribution in [1.29, 1.82) is 0 Å². The molecule has 2 saturated carbocycles. The van der Waals surface area contributed by atoms with Crippen LogP contribution in [0.5, 0.6) is 0 Å². The van der Waals surface area contributed by atoms with Crippen LogP contribution in [0, 0.1) is 12.8 Å². The topological polar surface area (TPSA) is 43.3 Å². The van der Waals surface area contributed by atoms with Gasteiger partial charge in [0.05, 0.1) is 18.8 Å². The van der Waals surface area contributed by atoms with Gasteiger partial charge in [0.25, 0.3) is 5.56 Å². The molecule has 3 aliphatic rings. The van der Waals surface area contributed by atoms with E-state index in [1.807, 2.05) is 29.5 Å². The van der Waals surface area contributed by atoms with E-state index in [1.54, 1.807) is 0 Å². The van der Waals surface area contributed by atoms with Crippen molar-refractivity contribution in [3.63, 3.8) is 0 Å². The van der Waals surface area contributed by atoms with E-state index in [9.17, 15) is 4.79 Å². The molecular formula is C21H32N2O2S. The molecule has 2 unspecified atom stereocenters. The van der Waals surface area contributed by atoms with E-state index in [1.165, 1.54) is 44.2 Å². The van der Waals surface area contributed by atoms with Crippen molar-refractivity contribution < 1.29 is 4.74 Å². The molecule has 0 aromatic carbocycles. The molecule has 4 rings (SSSR count). The molecule has 26 heavy (non-hydrogen) atoms. The number of aromatic nitrogens is 1. The molecule has 0 radical (unpaired) electrons. The molecule has 2 fully saturated rings. The number of pyridine rings is 1. The molecule has 5 heteroatoms. The molecule has 0 spiro atoms. The van der Waals surface area contributed by atoms with E-state index < -0.39 is 0 Å². The number of rotatable bonds is 6. The summed E-state index contributed by atoms with van der Waals surface area (Å²) in [5.74, 6) is 0.833. The van der Waals surface area contributed by atoms with E-state index in [4.69, 9.17) is 4.74 Å². The van der Waals surface area contributed by atoms with Gasteiger partial charge in [0, 0.05) is 22.5 Å². The zero-order valence-electron chi connectivity index (χ0n) is 16.1. The standard InChI is InChI=1S/C21H32N2O2S/c1-14-3-8-17(9-4-14)25-13-20-19(22-26-18-10-11-18)12-7-16-6-5-15(2)21(24)23(16)20/h5-6,14,17-20,22H,3-4,7-13H2,1-2H3. The van der Waals surface area contributed by atoms with Gasteiger partial charge in [-0.3, -0.25) is 9.52 Å². The van der Waals surface area contributed by atoms with Crippen molar-refractivity contribution in [2.45, 2.75) is 88.7 Å². The molecule has 1 N–H and O–H groups in total. The quantitative estimate of drug-likeness (QED) is 0.762. The first-order valence-electron chi connectivity index (χ1n) is 10.4. The smallest absolute Gasteiger partial charge is 0.254 e. The van der Waals surface area contributed by atoms with Crippen LogP contribution in [0.15, 0.2) is 16.9 Å². The second-order valence-corrected chi connectivity index (χ2v) is 9.68. The molecular weight excluding hydrogens is 344 g/mol. The third kappa shape index (κ3) is 4.20. The zero-order valence-corrected chi connectivity index (χ0v) is 16.9. The maximum absolute atomic E-state index is 12.9. The van der Waals surface area contributed by atoms with Gasteiger partial charge in [-0.2, -0.15) is 0 Å². The van der Waals surface area contributed by atoms with Gasteiger partial charge in [-0.25, -0.2) is 0 Å². The summed E-state index contributed by atoms with van der Waals surface area (Å²) in [5.41, 5.74) is 2.16. The third-order valence-electron chi connectivity index (χ3n) is 6.27. The van der Waals surface area contributed by atoms with Crippen molar-refractivity contribution in [3.05, 3.63) is 33.7 Å². The fraction of sp³-hybridized carbons (Fsp3) is 0.762. The van der Waals surface area contributed by atoms with Gasteiger partial charge in [-0.05, 0) is 70.3 Å². The summed E-state index contributed by atoms with van der Waals surface area (Å²) in [5, 5.41) is 0.770. The molecule has 1 aromatic heterocycles. The SMILES string of the molecule is Cc1ccc2n(c1=O)C(COC1CCC(C)CC1)C(NSC1CC1)CC2. The Hall–Kier alpha value is -0.780. The van der Waals surface area contributed by atoms with Gasteiger partial charge in [0.1, 0.15) is 0 Å². The predicted octanol–water partition coefficient (Wildman–Crippen LogP) is 4.01. The number of nitrogens with zero attached hydrogens (tertiary/aromatic N) is 1. The lowest BCUT2D eigenvalue weighted by molar-refractivity contribution is -0.00523. The normalized spacial score (nSPS) is 31.6. The summed E-state index contributed by atoms with van der Waals surface area (Å²) < 4.78 is 12.1. The third-order valence-corrected chi connectivity index (χ3v) is 7.52. The van der Waals surface area contributed by atoms with Gasteiger partial charge in [0.15, 0.2) is 0 Å². The summed E-state index contributed by atoms with van der Waals surface area (Å²) in [4.78, 5) is 12.9. The lowest BCUT2D eigenvalue weighted by Gasteiger charge is -2.37. The highest BCUT2D eigenvalue weighted by atomic mass is 32.2. The summed E-state index contributed by atoms with van der Waals surface area (Å²) >= 11 is 1.88. The van der Waals surface area contributed by atoms with Gasteiger partial charge in [-0.15, -0.1) is 0 Å². The highest BCUT2D eigenvalue weighted by Crippen LogP contribution is 2.35. The number of hydrogen-bond donors (Lipinski definition) is 1. The van der Waals surface area contributed by atoms with E-state index in [0.717, 1.165) is 29.6 Å². The summed E-state index contributed by atoms with van der Waals surface area (Å²) in [6, 6.07) is 4.53. The Balaban J connectivity index is 1.50. The van der Waals surface area contributed by atoms with Crippen molar-refractivity contribution in [3.8, 4) is 0 Å². The zero-order chi connectivity index (χ0) is 18.1. The molecule has 2 atom stereocenters. The van der Waals surface area contributed by atoms with Crippen LogP contribution in [0.2, 0.25) is 0 Å². The molecule has 2 heterocycles. The Morgan fingerprint density at radius 3 is 2.65 bits per heavy atom. The average molecular weight is 377 g/mol. The molecule has 1 aliphatic heterocycles. The van der Waals surface area contributed by atoms with E-state index in [-0.39, 0.29) is 11.6 Å². The fourth-order valence-corrected chi connectivity index (χ4v) is 5.28. The van der Waals surface area contributed by atoms with Gasteiger partial charge < -0.3 is 9.30 Å². The minimum absolute atomic E-state index is 0.108. The molecule has 144 valence electrons. The molecule has 0 bridgehead atoms. The highest BCUT2D eigenvalue weighted by molar-refractivity contribution is 7.98. The first kappa shape index (κ1) is 18.6. The molecule has 0 saturated heterocycles. The molecule has 4 nitrogen and oxygen atoms in total. The van der Waals surface area contributed by atoms with Crippen molar-refractivity contribution in [1.82, 2.24) is 9.29 Å². The van der Waals surface area contributed by atoms with Crippen LogP contribution in [0.4, 0.5) is 0 Å². The van der Waals surface area contributed by atoms with Crippen LogP contribution in [-0.2, 0) is 11.2 Å². The minimum atomic E-state index is 0.108. The Morgan fingerprint density at radius 2 is 1.92 bits per heavy atom. The summed E-state index contributed by atoms with van der Waals surface area (Å²) in [6.07, 6.45) is 9.93. The van der Waals surface area contributed by atoms with Crippen LogP contribution in [-0.4, -0.2) is 28.6 Å². The lowest BCUT2D eigenvalue weighted by atomic mass is 9.89. The number of hydrogen-bond acceptors (Lipinski definition) is 4. The number of nitrogens with one attached hydrogen (secondary N) is 1. The number of aryl methyl sites for hydroxylation is 2. The van der Waals surface area contributed by atoms with Crippen LogP contribution in [0.25, 0.3) is 0 Å². The Labute approximate surface area is 161 Å². The summed E-state index contributed by atoms with van der Waals surface area (Å²) in [6.45, 7) is 4.91. The van der Waals surface area contributed by atoms with Gasteiger partial charge in [-0.1, -0.05) is 24.9 Å². The van der Waals surface area contributed by atoms with Crippen molar-refractivity contribution in [2.24, 2.45) is 5.92 Å². The summed E-state index contributed by atoms with van der Waals surface area (Å²) in [7, 11) is 0. The number of fused-ring (bicyclic) bond motifs is 1. The maximum atomic E-state index is 12.9.